The van der Waals surface area contributed by atoms with Crippen LogP contribution in [0, 0.1) is 0 Å². The van der Waals surface area contributed by atoms with Gasteiger partial charge in [0.25, 0.3) is 5.91 Å². The minimum atomic E-state index is -1.55. The van der Waals surface area contributed by atoms with Crippen molar-refractivity contribution >= 4 is 50.8 Å². The lowest BCUT2D eigenvalue weighted by Gasteiger charge is -2.15. The Morgan fingerprint density at radius 2 is 2.00 bits per heavy atom. The molecule has 3 aromatic rings. The first-order valence-electron chi connectivity index (χ1n) is 8.79. The van der Waals surface area contributed by atoms with Gasteiger partial charge in [0.1, 0.15) is 5.82 Å². The molecule has 2 N–H and O–H groups in total. The highest BCUT2D eigenvalue weighted by molar-refractivity contribution is 7.86. The van der Waals surface area contributed by atoms with Crippen molar-refractivity contribution in [3.63, 3.8) is 0 Å². The van der Waals surface area contributed by atoms with Crippen molar-refractivity contribution in [1.29, 1.82) is 0 Å². The highest BCUT2D eigenvalue weighted by Crippen LogP contribution is 2.39. The van der Waals surface area contributed by atoms with Crippen LogP contribution in [0.2, 0.25) is 0 Å². The van der Waals surface area contributed by atoms with Gasteiger partial charge in [-0.1, -0.05) is 12.1 Å². The van der Waals surface area contributed by atoms with Gasteiger partial charge in [0.05, 0.1) is 22.5 Å². The maximum atomic E-state index is 13.0. The number of anilines is 3. The number of amides is 2. The maximum Gasteiger partial charge on any atom is 0.258 e. The summed E-state index contributed by atoms with van der Waals surface area (Å²) in [4.78, 5) is 30.1. The molecule has 142 valence electrons. The van der Waals surface area contributed by atoms with Crippen LogP contribution in [0.1, 0.15) is 24.2 Å². The van der Waals surface area contributed by atoms with Gasteiger partial charge < -0.3 is 10.2 Å². The monoisotopic (exact) mass is 394 g/mol. The molecule has 1 aliphatic heterocycles. The number of benzene rings is 2. The molecule has 28 heavy (non-hydrogen) atoms. The molecule has 0 radical (unpaired) electrons. The van der Waals surface area contributed by atoms with E-state index in [9.17, 15) is 13.8 Å². The normalized spacial score (nSPS) is 13.6. The fourth-order valence-corrected chi connectivity index (χ4v) is 4.37. The van der Waals surface area contributed by atoms with E-state index in [4.69, 9.17) is 0 Å². The van der Waals surface area contributed by atoms with Gasteiger partial charge in [-0.3, -0.25) is 14.3 Å². The summed E-state index contributed by atoms with van der Waals surface area (Å²) in [5.74, 6) is 0.185. The van der Waals surface area contributed by atoms with E-state index in [1.54, 1.807) is 29.2 Å². The van der Waals surface area contributed by atoms with Gasteiger partial charge in [0, 0.05) is 29.8 Å². The number of carbonyl (C=O) groups excluding carboxylic acids is 2. The van der Waals surface area contributed by atoms with Crippen LogP contribution >= 0.6 is 0 Å². The molecule has 8 heteroatoms. The molecule has 1 atom stereocenters. The second-order valence-electron chi connectivity index (χ2n) is 6.34. The molecule has 7 nitrogen and oxygen atoms in total. The molecular weight excluding hydrogens is 376 g/mol. The lowest BCUT2D eigenvalue weighted by Crippen LogP contribution is -2.25. The zero-order chi connectivity index (χ0) is 19.8. The highest BCUT2D eigenvalue weighted by atomic mass is 32.2. The van der Waals surface area contributed by atoms with Crippen molar-refractivity contribution in [2.24, 2.45) is 0 Å². The van der Waals surface area contributed by atoms with Crippen LogP contribution < -0.4 is 14.9 Å². The summed E-state index contributed by atoms with van der Waals surface area (Å²) in [6.45, 7) is 3.92. The van der Waals surface area contributed by atoms with E-state index in [2.05, 4.69) is 15.0 Å². The number of carbonyl (C=O) groups is 2. The molecule has 1 aromatic heterocycles. The van der Waals surface area contributed by atoms with Gasteiger partial charge >= 0.3 is 0 Å². The average Bonchev–Trinajstić information content (AvgIpc) is 2.96. The lowest BCUT2D eigenvalue weighted by atomic mass is 10.1. The van der Waals surface area contributed by atoms with Crippen LogP contribution in [0.5, 0.6) is 0 Å². The Balaban J connectivity index is 1.67. The van der Waals surface area contributed by atoms with Crippen molar-refractivity contribution in [2.45, 2.75) is 18.7 Å². The van der Waals surface area contributed by atoms with Crippen molar-refractivity contribution in [3.8, 4) is 0 Å². The first-order chi connectivity index (χ1) is 13.5. The number of hydrogen-bond acceptors (Lipinski definition) is 4. The van der Waals surface area contributed by atoms with Gasteiger partial charge in [0.2, 0.25) is 5.91 Å². The summed E-state index contributed by atoms with van der Waals surface area (Å²) < 4.78 is 15.9. The van der Waals surface area contributed by atoms with Crippen molar-refractivity contribution in [2.75, 3.05) is 21.5 Å². The lowest BCUT2D eigenvalue weighted by molar-refractivity contribution is -0.114. The van der Waals surface area contributed by atoms with Crippen LogP contribution in [-0.2, 0) is 15.8 Å². The number of nitrogens with one attached hydrogen (secondary N) is 2. The number of aromatic nitrogens is 1. The number of nitrogens with zero attached hydrogens (tertiary/aromatic N) is 2. The largest absolute Gasteiger partial charge is 0.311 e. The SMILES string of the molecule is CCN1C(=O)c2cccc3c(S(=O)Nc4ccc(NC(C)=O)nc4)ccc1c23. The zero-order valence-corrected chi connectivity index (χ0v) is 16.2. The Bertz CT molecular complexity index is 1130. The summed E-state index contributed by atoms with van der Waals surface area (Å²) >= 11 is 0. The third kappa shape index (κ3) is 3.01. The molecule has 0 saturated heterocycles. The van der Waals surface area contributed by atoms with Gasteiger partial charge in [-0.25, -0.2) is 9.19 Å². The minimum absolute atomic E-state index is 0.0308. The van der Waals surface area contributed by atoms with Gasteiger partial charge in [-0.2, -0.15) is 0 Å². The molecule has 2 amide bonds. The number of rotatable bonds is 5. The Hall–Kier alpha value is -3.26. The van der Waals surface area contributed by atoms with Crippen molar-refractivity contribution < 1.29 is 13.8 Å². The Morgan fingerprint density at radius 1 is 1.18 bits per heavy atom. The smallest absolute Gasteiger partial charge is 0.258 e. The fourth-order valence-electron chi connectivity index (χ4n) is 3.37. The second-order valence-corrected chi connectivity index (χ2v) is 7.53. The molecule has 4 rings (SSSR count). The second kappa shape index (κ2) is 7.05. The predicted molar refractivity (Wildman–Crippen MR) is 110 cm³/mol. The van der Waals surface area contributed by atoms with Crippen LogP contribution in [0.25, 0.3) is 10.8 Å². The predicted octanol–water partition coefficient (Wildman–Crippen LogP) is 3.31. The minimum Gasteiger partial charge on any atom is -0.311 e. The van der Waals surface area contributed by atoms with Crippen LogP contribution in [0.3, 0.4) is 0 Å². The third-order valence-electron chi connectivity index (χ3n) is 4.54. The van der Waals surface area contributed by atoms with Gasteiger partial charge in [0.15, 0.2) is 11.0 Å². The molecule has 2 heterocycles. The molecule has 1 aliphatic rings. The Labute approximate surface area is 164 Å². The van der Waals surface area contributed by atoms with E-state index >= 15 is 0 Å². The van der Waals surface area contributed by atoms with E-state index in [0.717, 1.165) is 16.5 Å². The first-order valence-corrected chi connectivity index (χ1v) is 9.94. The van der Waals surface area contributed by atoms with E-state index in [-0.39, 0.29) is 11.8 Å². The molecule has 0 saturated carbocycles. The first kappa shape index (κ1) is 18.1. The third-order valence-corrected chi connectivity index (χ3v) is 5.72. The quantitative estimate of drug-likeness (QED) is 0.695. The van der Waals surface area contributed by atoms with E-state index < -0.39 is 11.0 Å². The molecular formula is C20H18N4O3S. The van der Waals surface area contributed by atoms with Crippen molar-refractivity contribution in [3.05, 3.63) is 54.2 Å². The Morgan fingerprint density at radius 3 is 2.68 bits per heavy atom. The van der Waals surface area contributed by atoms with Crippen LogP contribution in [0.15, 0.2) is 53.6 Å². The van der Waals surface area contributed by atoms with Gasteiger partial charge in [-0.05, 0) is 37.3 Å². The summed E-state index contributed by atoms with van der Waals surface area (Å²) in [6, 6.07) is 12.4. The molecule has 0 bridgehead atoms. The Kier molecular flexibility index (Phi) is 4.56. The van der Waals surface area contributed by atoms with E-state index in [1.165, 1.54) is 13.1 Å². The van der Waals surface area contributed by atoms with Crippen LogP contribution in [0.4, 0.5) is 17.2 Å². The fraction of sp³-hybridized carbons (Fsp3) is 0.150. The summed E-state index contributed by atoms with van der Waals surface area (Å²) in [6.07, 6.45) is 1.51. The molecule has 2 aromatic carbocycles. The maximum absolute atomic E-state index is 13.0. The molecule has 0 spiro atoms. The number of hydrogen-bond donors (Lipinski definition) is 2. The molecule has 0 aliphatic carbocycles. The standard InChI is InChI=1S/C20H18N4O3S/c1-3-24-16-8-9-17(14-5-4-6-15(19(14)16)20(24)26)28(27)23-13-7-10-18(21-11-13)22-12(2)25/h4-11,23H,3H2,1-2H3,(H,21,22,25). The topological polar surface area (TPSA) is 91.4 Å². The average molecular weight is 394 g/mol. The van der Waals surface area contributed by atoms with E-state index in [0.29, 0.717) is 28.5 Å². The molecule has 0 fully saturated rings. The summed E-state index contributed by atoms with van der Waals surface area (Å²) in [5, 5.41) is 4.20. The van der Waals surface area contributed by atoms with E-state index in [1.807, 2.05) is 25.1 Å². The zero-order valence-electron chi connectivity index (χ0n) is 15.4. The molecule has 1 unspecified atom stereocenters. The van der Waals surface area contributed by atoms with Crippen molar-refractivity contribution in [1.82, 2.24) is 4.98 Å². The summed E-state index contributed by atoms with van der Waals surface area (Å²) in [7, 11) is -1.55. The van der Waals surface area contributed by atoms with Gasteiger partial charge in [-0.15, -0.1) is 0 Å². The van der Waals surface area contributed by atoms with Crippen LogP contribution in [-0.4, -0.2) is 27.6 Å². The number of pyridine rings is 1. The highest BCUT2D eigenvalue weighted by Gasteiger charge is 2.29. The summed E-state index contributed by atoms with van der Waals surface area (Å²) in [5.41, 5.74) is 2.04.